The Balaban J connectivity index is 2.35. The molecule has 0 saturated carbocycles. The molecular formula is C18H30N2O3. The third kappa shape index (κ3) is 9.92. The summed E-state index contributed by atoms with van der Waals surface area (Å²) >= 11 is 0. The number of aliphatic hydroxyl groups excluding tert-OH is 1. The van der Waals surface area contributed by atoms with Crippen molar-refractivity contribution in [3.63, 3.8) is 0 Å². The maximum atomic E-state index is 12.0. The number of ether oxygens (including phenoxy) is 1. The lowest BCUT2D eigenvalue weighted by molar-refractivity contribution is 0.134. The summed E-state index contributed by atoms with van der Waals surface area (Å²) in [6.07, 6.45) is 2.29. The Morgan fingerprint density at radius 2 is 1.96 bits per heavy atom. The molecule has 0 spiro atoms. The zero-order chi connectivity index (χ0) is 16.9. The van der Waals surface area contributed by atoms with Crippen molar-refractivity contribution in [3.8, 4) is 0 Å². The van der Waals surface area contributed by atoms with Gasteiger partial charge in [-0.25, -0.2) is 4.79 Å². The van der Waals surface area contributed by atoms with E-state index in [1.165, 1.54) is 0 Å². The molecule has 0 radical (unpaired) electrons. The van der Waals surface area contributed by atoms with Gasteiger partial charge in [0.05, 0.1) is 0 Å². The van der Waals surface area contributed by atoms with E-state index in [0.717, 1.165) is 31.4 Å². The second-order valence-corrected chi connectivity index (χ2v) is 6.16. The second-order valence-electron chi connectivity index (χ2n) is 6.16. The van der Waals surface area contributed by atoms with Crippen molar-refractivity contribution < 1.29 is 14.6 Å². The van der Waals surface area contributed by atoms with Crippen molar-refractivity contribution in [3.05, 3.63) is 35.9 Å². The van der Waals surface area contributed by atoms with E-state index in [-0.39, 0.29) is 25.3 Å². The van der Waals surface area contributed by atoms with Crippen molar-refractivity contribution in [2.75, 3.05) is 19.7 Å². The Kier molecular flexibility index (Phi) is 10.1. The summed E-state index contributed by atoms with van der Waals surface area (Å²) in [5.41, 5.74) is 0.974. The van der Waals surface area contributed by atoms with Crippen LogP contribution in [0.3, 0.4) is 0 Å². The highest BCUT2D eigenvalue weighted by molar-refractivity contribution is 5.67. The fraction of sp³-hybridized carbons (Fsp3) is 0.611. The summed E-state index contributed by atoms with van der Waals surface area (Å²) in [7, 11) is 0. The quantitative estimate of drug-likeness (QED) is 0.548. The molecule has 5 heteroatoms. The SMILES string of the molecule is CC(C)CCC(CNCCCO)NC(=O)OCc1ccccc1. The molecule has 0 fully saturated rings. The Morgan fingerprint density at radius 3 is 2.61 bits per heavy atom. The summed E-state index contributed by atoms with van der Waals surface area (Å²) in [5, 5.41) is 15.0. The minimum atomic E-state index is -0.383. The number of hydrogen-bond acceptors (Lipinski definition) is 4. The van der Waals surface area contributed by atoms with E-state index < -0.39 is 0 Å². The molecule has 1 aromatic carbocycles. The molecule has 1 atom stereocenters. The number of nitrogens with one attached hydrogen (secondary N) is 2. The van der Waals surface area contributed by atoms with Crippen LogP contribution < -0.4 is 10.6 Å². The van der Waals surface area contributed by atoms with Crippen LogP contribution in [0.5, 0.6) is 0 Å². The van der Waals surface area contributed by atoms with E-state index in [2.05, 4.69) is 24.5 Å². The predicted molar refractivity (Wildman–Crippen MR) is 92.2 cm³/mol. The molecule has 5 nitrogen and oxygen atoms in total. The molecule has 0 saturated heterocycles. The molecule has 1 unspecified atom stereocenters. The molecule has 0 aromatic heterocycles. The molecular weight excluding hydrogens is 292 g/mol. The van der Waals surface area contributed by atoms with Crippen LogP contribution in [0.4, 0.5) is 4.79 Å². The Labute approximate surface area is 139 Å². The van der Waals surface area contributed by atoms with Gasteiger partial charge in [-0.1, -0.05) is 44.2 Å². The lowest BCUT2D eigenvalue weighted by atomic mass is 10.0. The lowest BCUT2D eigenvalue weighted by Gasteiger charge is -2.20. The molecule has 0 heterocycles. The first-order chi connectivity index (χ1) is 11.1. The predicted octanol–water partition coefficient (Wildman–Crippen LogP) is 2.69. The van der Waals surface area contributed by atoms with Crippen LogP contribution in [0.15, 0.2) is 30.3 Å². The van der Waals surface area contributed by atoms with E-state index in [0.29, 0.717) is 12.5 Å². The zero-order valence-electron chi connectivity index (χ0n) is 14.3. The van der Waals surface area contributed by atoms with Crippen LogP contribution in [0, 0.1) is 5.92 Å². The van der Waals surface area contributed by atoms with Gasteiger partial charge >= 0.3 is 6.09 Å². The fourth-order valence-corrected chi connectivity index (χ4v) is 2.17. The van der Waals surface area contributed by atoms with Crippen LogP contribution in [-0.4, -0.2) is 36.9 Å². The highest BCUT2D eigenvalue weighted by Crippen LogP contribution is 2.07. The minimum absolute atomic E-state index is 0.0411. The van der Waals surface area contributed by atoms with E-state index in [1.807, 2.05) is 30.3 Å². The number of carbonyl (C=O) groups excluding carboxylic acids is 1. The number of alkyl carbamates (subject to hydrolysis) is 1. The van der Waals surface area contributed by atoms with Crippen molar-refractivity contribution in [1.29, 1.82) is 0 Å². The maximum absolute atomic E-state index is 12.0. The third-order valence-corrected chi connectivity index (χ3v) is 3.53. The molecule has 1 rings (SSSR count). The summed E-state index contributed by atoms with van der Waals surface area (Å²) in [5.74, 6) is 0.595. The molecule has 0 aliphatic carbocycles. The van der Waals surface area contributed by atoms with Gasteiger partial charge in [0, 0.05) is 19.2 Å². The second kappa shape index (κ2) is 11.9. The first-order valence-corrected chi connectivity index (χ1v) is 8.40. The van der Waals surface area contributed by atoms with E-state index >= 15 is 0 Å². The minimum Gasteiger partial charge on any atom is -0.445 e. The van der Waals surface area contributed by atoms with Crippen LogP contribution in [-0.2, 0) is 11.3 Å². The van der Waals surface area contributed by atoms with E-state index in [4.69, 9.17) is 9.84 Å². The number of rotatable bonds is 11. The number of benzene rings is 1. The number of hydrogen-bond donors (Lipinski definition) is 3. The van der Waals surface area contributed by atoms with E-state index in [1.54, 1.807) is 0 Å². The highest BCUT2D eigenvalue weighted by Gasteiger charge is 2.13. The van der Waals surface area contributed by atoms with Crippen molar-refractivity contribution in [2.24, 2.45) is 5.92 Å². The van der Waals surface area contributed by atoms with Gasteiger partial charge in [0.1, 0.15) is 6.61 Å². The van der Waals surface area contributed by atoms with Crippen LogP contribution >= 0.6 is 0 Å². The number of aliphatic hydroxyl groups is 1. The van der Waals surface area contributed by atoms with Gasteiger partial charge in [0.2, 0.25) is 0 Å². The first kappa shape index (κ1) is 19.5. The summed E-state index contributed by atoms with van der Waals surface area (Å²) < 4.78 is 5.28. The molecule has 0 aliphatic rings. The smallest absolute Gasteiger partial charge is 0.407 e. The Bertz CT molecular complexity index is 424. The topological polar surface area (TPSA) is 70.6 Å². The van der Waals surface area contributed by atoms with Crippen LogP contribution in [0.1, 0.15) is 38.7 Å². The molecule has 23 heavy (non-hydrogen) atoms. The van der Waals surface area contributed by atoms with Crippen molar-refractivity contribution in [1.82, 2.24) is 10.6 Å². The average Bonchev–Trinajstić information content (AvgIpc) is 2.55. The monoisotopic (exact) mass is 322 g/mol. The Hall–Kier alpha value is -1.59. The molecule has 0 aliphatic heterocycles. The average molecular weight is 322 g/mol. The van der Waals surface area contributed by atoms with Gasteiger partial charge in [0.15, 0.2) is 0 Å². The van der Waals surface area contributed by atoms with Crippen LogP contribution in [0.25, 0.3) is 0 Å². The third-order valence-electron chi connectivity index (χ3n) is 3.53. The van der Waals surface area contributed by atoms with Gasteiger partial charge in [-0.15, -0.1) is 0 Å². The van der Waals surface area contributed by atoms with Gasteiger partial charge in [-0.2, -0.15) is 0 Å². The van der Waals surface area contributed by atoms with Crippen molar-refractivity contribution in [2.45, 2.75) is 45.8 Å². The molecule has 1 amide bonds. The van der Waals surface area contributed by atoms with Gasteiger partial charge in [-0.05, 0) is 37.3 Å². The Morgan fingerprint density at radius 1 is 1.22 bits per heavy atom. The van der Waals surface area contributed by atoms with Gasteiger partial charge in [0.25, 0.3) is 0 Å². The largest absolute Gasteiger partial charge is 0.445 e. The molecule has 1 aromatic rings. The van der Waals surface area contributed by atoms with Crippen molar-refractivity contribution >= 4 is 6.09 Å². The molecule has 130 valence electrons. The fourth-order valence-electron chi connectivity index (χ4n) is 2.17. The summed E-state index contributed by atoms with van der Waals surface area (Å²) in [6.45, 7) is 6.23. The maximum Gasteiger partial charge on any atom is 0.407 e. The standard InChI is InChI=1S/C18H30N2O3/c1-15(2)9-10-17(13-19-11-6-12-21)20-18(22)23-14-16-7-4-3-5-8-16/h3-5,7-8,15,17,19,21H,6,9-14H2,1-2H3,(H,20,22). The number of amides is 1. The lowest BCUT2D eigenvalue weighted by Crippen LogP contribution is -2.42. The van der Waals surface area contributed by atoms with Gasteiger partial charge in [-0.3, -0.25) is 0 Å². The summed E-state index contributed by atoms with van der Waals surface area (Å²) in [6, 6.07) is 9.68. The normalized spacial score (nSPS) is 12.2. The van der Waals surface area contributed by atoms with E-state index in [9.17, 15) is 4.79 Å². The zero-order valence-corrected chi connectivity index (χ0v) is 14.3. The number of carbonyl (C=O) groups is 1. The molecule has 3 N–H and O–H groups in total. The summed E-state index contributed by atoms with van der Waals surface area (Å²) in [4.78, 5) is 12.0. The highest BCUT2D eigenvalue weighted by atomic mass is 16.5. The van der Waals surface area contributed by atoms with Crippen LogP contribution in [0.2, 0.25) is 0 Å². The van der Waals surface area contributed by atoms with Gasteiger partial charge < -0.3 is 20.5 Å². The first-order valence-electron chi connectivity index (χ1n) is 8.40. The molecule has 0 bridgehead atoms.